The van der Waals surface area contributed by atoms with E-state index < -0.39 is 24.5 Å². The lowest BCUT2D eigenvalue weighted by Crippen LogP contribution is -2.43. The van der Waals surface area contributed by atoms with Gasteiger partial charge in [-0.25, -0.2) is 15.0 Å². The average molecular weight is 379 g/mol. The maximum atomic E-state index is 10.7. The molecule has 0 radical (unpaired) electrons. The number of rotatable bonds is 5. The first-order valence-corrected chi connectivity index (χ1v) is 9.19. The van der Waals surface area contributed by atoms with Crippen LogP contribution in [0.1, 0.15) is 31.9 Å². The average Bonchev–Trinajstić information content (AvgIpc) is 3.25. The molecular weight excluding hydrogens is 354 g/mol. The number of hydrogen-bond donors (Lipinski definition) is 3. The third-order valence-corrected chi connectivity index (χ3v) is 5.43. The molecule has 148 valence electrons. The minimum absolute atomic E-state index is 0.0303. The summed E-state index contributed by atoms with van der Waals surface area (Å²) in [5, 5.41) is 20.3. The zero-order valence-electron chi connectivity index (χ0n) is 15.1. The highest BCUT2D eigenvalue weighted by atomic mass is 16.6. The summed E-state index contributed by atoms with van der Waals surface area (Å²) in [6.07, 6.45) is 3.45. The predicted octanol–water partition coefficient (Wildman–Crippen LogP) is 0.00190. The van der Waals surface area contributed by atoms with Gasteiger partial charge in [-0.15, -0.1) is 0 Å². The van der Waals surface area contributed by atoms with Gasteiger partial charge in [0.1, 0.15) is 30.2 Å². The van der Waals surface area contributed by atoms with E-state index in [0.717, 1.165) is 25.7 Å². The molecule has 4 unspecified atom stereocenters. The molecule has 27 heavy (non-hydrogen) atoms. The third kappa shape index (κ3) is 3.27. The van der Waals surface area contributed by atoms with Crippen LogP contribution in [0.4, 0.5) is 5.82 Å². The van der Waals surface area contributed by atoms with Gasteiger partial charge in [0, 0.05) is 7.11 Å². The van der Waals surface area contributed by atoms with Crippen LogP contribution in [0.2, 0.25) is 0 Å². The van der Waals surface area contributed by atoms with Crippen molar-refractivity contribution in [2.24, 2.45) is 0 Å². The smallest absolute Gasteiger partial charge is 0.167 e. The van der Waals surface area contributed by atoms with Crippen molar-refractivity contribution in [3.05, 3.63) is 12.7 Å². The van der Waals surface area contributed by atoms with Gasteiger partial charge in [-0.05, 0) is 12.8 Å². The highest BCUT2D eigenvalue weighted by molar-refractivity contribution is 5.81. The zero-order valence-corrected chi connectivity index (χ0v) is 15.1. The Kier molecular flexibility index (Phi) is 5.24. The molecule has 3 heterocycles. The molecule has 10 nitrogen and oxygen atoms in total. The molecule has 6 atom stereocenters. The molecule has 1 aliphatic heterocycles. The molecule has 10 heteroatoms. The van der Waals surface area contributed by atoms with Crippen LogP contribution in [0.5, 0.6) is 0 Å². The van der Waals surface area contributed by atoms with Crippen LogP contribution in [0.15, 0.2) is 12.7 Å². The number of nitrogens with zero attached hydrogens (tertiary/aromatic N) is 4. The van der Waals surface area contributed by atoms with Crippen LogP contribution in [0.25, 0.3) is 11.2 Å². The molecule has 0 aromatic carbocycles. The summed E-state index contributed by atoms with van der Waals surface area (Å²) >= 11 is 0. The van der Waals surface area contributed by atoms with E-state index in [2.05, 4.69) is 15.0 Å². The van der Waals surface area contributed by atoms with E-state index in [0.29, 0.717) is 11.2 Å². The van der Waals surface area contributed by atoms with Crippen molar-refractivity contribution in [3.63, 3.8) is 0 Å². The molecule has 1 saturated carbocycles. The van der Waals surface area contributed by atoms with E-state index in [1.165, 1.54) is 12.7 Å². The molecule has 2 aromatic rings. The van der Waals surface area contributed by atoms with Crippen molar-refractivity contribution in [1.29, 1.82) is 0 Å². The number of aromatic nitrogens is 4. The van der Waals surface area contributed by atoms with Crippen LogP contribution in [0.3, 0.4) is 0 Å². The number of imidazole rings is 1. The van der Waals surface area contributed by atoms with E-state index >= 15 is 0 Å². The van der Waals surface area contributed by atoms with Gasteiger partial charge in [0.25, 0.3) is 0 Å². The van der Waals surface area contributed by atoms with E-state index in [4.69, 9.17) is 19.9 Å². The number of anilines is 1. The van der Waals surface area contributed by atoms with Gasteiger partial charge in [0.15, 0.2) is 17.7 Å². The van der Waals surface area contributed by atoms with Crippen molar-refractivity contribution < 1.29 is 24.4 Å². The van der Waals surface area contributed by atoms with Crippen LogP contribution < -0.4 is 5.73 Å². The Labute approximate surface area is 156 Å². The largest absolute Gasteiger partial charge is 0.394 e. The number of fused-ring (bicyclic) bond motifs is 1. The highest BCUT2D eigenvalue weighted by Crippen LogP contribution is 2.36. The van der Waals surface area contributed by atoms with Crippen molar-refractivity contribution in [3.8, 4) is 0 Å². The van der Waals surface area contributed by atoms with Crippen molar-refractivity contribution in [1.82, 2.24) is 19.5 Å². The van der Waals surface area contributed by atoms with Gasteiger partial charge in [0.2, 0.25) is 0 Å². The standard InChI is InChI=1S/C17H25N5O5/c1-25-9-4-2-3-5-10(9)26-14-13(24)11(6-23)27-17(14)22-8-21-12-15(18)19-7-20-16(12)22/h7-11,13-14,17,23-24H,2-6H2,1H3,(H2,18,19,20)/t9?,10?,11-,13?,14?,17-/m1/s1. The summed E-state index contributed by atoms with van der Waals surface area (Å²) < 4.78 is 19.4. The second-order valence-electron chi connectivity index (χ2n) is 7.02. The maximum Gasteiger partial charge on any atom is 0.167 e. The van der Waals surface area contributed by atoms with Crippen LogP contribution in [-0.2, 0) is 14.2 Å². The van der Waals surface area contributed by atoms with E-state index in [-0.39, 0.29) is 24.6 Å². The third-order valence-electron chi connectivity index (χ3n) is 5.43. The monoisotopic (exact) mass is 379 g/mol. The molecule has 0 amide bonds. The number of methoxy groups -OCH3 is 1. The Bertz CT molecular complexity index is 786. The molecule has 1 aliphatic carbocycles. The molecule has 4 N–H and O–H groups in total. The van der Waals surface area contributed by atoms with E-state index in [1.54, 1.807) is 11.7 Å². The number of ether oxygens (including phenoxy) is 3. The fourth-order valence-electron chi connectivity index (χ4n) is 3.99. The topological polar surface area (TPSA) is 138 Å². The molecular formula is C17H25N5O5. The Morgan fingerprint density at radius 1 is 1.26 bits per heavy atom. The lowest BCUT2D eigenvalue weighted by molar-refractivity contribution is -0.149. The number of hydrogen-bond acceptors (Lipinski definition) is 9. The molecule has 2 aliphatic rings. The summed E-state index contributed by atoms with van der Waals surface area (Å²) in [7, 11) is 1.67. The highest BCUT2D eigenvalue weighted by Gasteiger charge is 2.47. The lowest BCUT2D eigenvalue weighted by Gasteiger charge is -2.34. The van der Waals surface area contributed by atoms with Crippen LogP contribution >= 0.6 is 0 Å². The first-order chi connectivity index (χ1) is 13.1. The quantitative estimate of drug-likeness (QED) is 0.655. The minimum atomic E-state index is -0.990. The Morgan fingerprint density at radius 3 is 2.78 bits per heavy atom. The maximum absolute atomic E-state index is 10.7. The van der Waals surface area contributed by atoms with Crippen LogP contribution in [0, 0.1) is 0 Å². The molecule has 2 fully saturated rings. The number of aliphatic hydroxyl groups excluding tert-OH is 2. The van der Waals surface area contributed by atoms with Gasteiger partial charge in [-0.2, -0.15) is 0 Å². The zero-order chi connectivity index (χ0) is 19.0. The second kappa shape index (κ2) is 7.64. The second-order valence-corrected chi connectivity index (χ2v) is 7.02. The van der Waals surface area contributed by atoms with Crippen LogP contribution in [-0.4, -0.2) is 74.0 Å². The SMILES string of the molecule is COC1CCCCC1OC1C(O)[C@@H](CO)O[C@H]1n1cnc2c(N)ncnc21. The molecule has 1 saturated heterocycles. The van der Waals surface area contributed by atoms with E-state index in [1.807, 2.05) is 0 Å². The van der Waals surface area contributed by atoms with Gasteiger partial charge in [-0.1, -0.05) is 12.8 Å². The summed E-state index contributed by atoms with van der Waals surface area (Å²) in [6, 6.07) is 0. The van der Waals surface area contributed by atoms with Gasteiger partial charge < -0.3 is 30.2 Å². The fraction of sp³-hybridized carbons (Fsp3) is 0.706. The molecule has 2 aromatic heterocycles. The van der Waals surface area contributed by atoms with Crippen molar-refractivity contribution in [2.45, 2.75) is 62.4 Å². The van der Waals surface area contributed by atoms with Gasteiger partial charge in [0.05, 0.1) is 25.1 Å². The number of aliphatic hydroxyl groups is 2. The normalized spacial score (nSPS) is 34.3. The molecule has 0 bridgehead atoms. The van der Waals surface area contributed by atoms with Crippen molar-refractivity contribution in [2.75, 3.05) is 19.5 Å². The van der Waals surface area contributed by atoms with E-state index in [9.17, 15) is 10.2 Å². The first-order valence-electron chi connectivity index (χ1n) is 9.19. The van der Waals surface area contributed by atoms with Crippen molar-refractivity contribution >= 4 is 17.0 Å². The summed E-state index contributed by atoms with van der Waals surface area (Å²) in [5.41, 5.74) is 6.80. The van der Waals surface area contributed by atoms with Gasteiger partial charge in [-0.3, -0.25) is 4.57 Å². The number of nitrogens with two attached hydrogens (primary N) is 1. The number of nitrogen functional groups attached to an aromatic ring is 1. The Balaban J connectivity index is 1.65. The predicted molar refractivity (Wildman–Crippen MR) is 94.7 cm³/mol. The Hall–Kier alpha value is -1.85. The fourth-order valence-corrected chi connectivity index (χ4v) is 3.99. The summed E-state index contributed by atoms with van der Waals surface area (Å²) in [5.74, 6) is 0.264. The van der Waals surface area contributed by atoms with Gasteiger partial charge >= 0.3 is 0 Å². The summed E-state index contributed by atoms with van der Waals surface area (Å²) in [6.45, 7) is -0.320. The first kappa shape index (κ1) is 18.5. The Morgan fingerprint density at radius 2 is 2.04 bits per heavy atom. The lowest BCUT2D eigenvalue weighted by atomic mass is 9.94. The minimum Gasteiger partial charge on any atom is -0.394 e. The molecule has 0 spiro atoms. The molecule has 4 rings (SSSR count). The summed E-state index contributed by atoms with van der Waals surface area (Å²) in [4.78, 5) is 12.4.